The Hall–Kier alpha value is -2.89. The van der Waals surface area contributed by atoms with E-state index < -0.39 is 0 Å². The molecule has 0 aliphatic carbocycles. The van der Waals surface area contributed by atoms with Crippen LogP contribution in [0.2, 0.25) is 0 Å². The van der Waals surface area contributed by atoms with Gasteiger partial charge in [0.15, 0.2) is 0 Å². The van der Waals surface area contributed by atoms with Crippen molar-refractivity contribution >= 4 is 17.6 Å². The molecule has 6 heteroatoms. The van der Waals surface area contributed by atoms with Crippen LogP contribution in [0.15, 0.2) is 42.6 Å². The molecule has 25 heavy (non-hydrogen) atoms. The van der Waals surface area contributed by atoms with Gasteiger partial charge < -0.3 is 15.4 Å². The summed E-state index contributed by atoms with van der Waals surface area (Å²) < 4.78 is 5.55. The Morgan fingerprint density at radius 3 is 2.52 bits per heavy atom. The van der Waals surface area contributed by atoms with Gasteiger partial charge in [0.05, 0.1) is 13.2 Å². The number of pyridine rings is 1. The van der Waals surface area contributed by atoms with E-state index in [1.54, 1.807) is 36.5 Å². The van der Waals surface area contributed by atoms with Crippen LogP contribution in [0.4, 0.5) is 5.82 Å². The van der Waals surface area contributed by atoms with Gasteiger partial charge in [-0.1, -0.05) is 19.4 Å². The highest BCUT2D eigenvalue weighted by atomic mass is 16.5. The zero-order valence-electron chi connectivity index (χ0n) is 14.5. The van der Waals surface area contributed by atoms with E-state index in [-0.39, 0.29) is 18.4 Å². The molecule has 0 bridgehead atoms. The van der Waals surface area contributed by atoms with Crippen molar-refractivity contribution in [3.8, 4) is 5.75 Å². The fourth-order valence-corrected chi connectivity index (χ4v) is 2.03. The molecule has 0 unspecified atom stereocenters. The molecule has 2 N–H and O–H groups in total. The summed E-state index contributed by atoms with van der Waals surface area (Å²) in [5.41, 5.74) is 1.48. The zero-order chi connectivity index (χ0) is 18.1. The molecule has 2 amide bonds. The standard InChI is InChI=1S/C19H23N3O3/c1-3-4-11-25-16-8-6-15(7-9-16)19(24)21-13-18(23)22-17-10-5-14(2)12-20-17/h5-10,12H,3-4,11,13H2,1-2H3,(H,21,24)(H,20,22,23). The van der Waals surface area contributed by atoms with E-state index in [0.29, 0.717) is 18.0 Å². The first-order valence-corrected chi connectivity index (χ1v) is 8.32. The number of anilines is 1. The Labute approximate surface area is 147 Å². The second kappa shape index (κ2) is 9.42. The van der Waals surface area contributed by atoms with Crippen molar-refractivity contribution in [1.29, 1.82) is 0 Å². The van der Waals surface area contributed by atoms with E-state index in [4.69, 9.17) is 4.74 Å². The van der Waals surface area contributed by atoms with Crippen molar-refractivity contribution in [2.24, 2.45) is 0 Å². The average Bonchev–Trinajstić information content (AvgIpc) is 2.62. The van der Waals surface area contributed by atoms with Crippen LogP contribution >= 0.6 is 0 Å². The van der Waals surface area contributed by atoms with E-state index in [2.05, 4.69) is 22.5 Å². The van der Waals surface area contributed by atoms with Crippen LogP contribution in [-0.4, -0.2) is 29.9 Å². The minimum Gasteiger partial charge on any atom is -0.494 e. The van der Waals surface area contributed by atoms with Crippen molar-refractivity contribution in [2.45, 2.75) is 26.7 Å². The fraction of sp³-hybridized carbons (Fsp3) is 0.316. The van der Waals surface area contributed by atoms with Gasteiger partial charge in [-0.2, -0.15) is 0 Å². The number of unbranched alkanes of at least 4 members (excludes halogenated alkanes) is 1. The number of carbonyl (C=O) groups is 2. The summed E-state index contributed by atoms with van der Waals surface area (Å²) in [7, 11) is 0. The number of nitrogens with one attached hydrogen (secondary N) is 2. The van der Waals surface area contributed by atoms with Crippen LogP contribution < -0.4 is 15.4 Å². The summed E-state index contributed by atoms with van der Waals surface area (Å²) in [5, 5.41) is 5.21. The molecule has 0 spiro atoms. The number of aromatic nitrogens is 1. The number of carbonyl (C=O) groups excluding carboxylic acids is 2. The largest absolute Gasteiger partial charge is 0.494 e. The van der Waals surface area contributed by atoms with Crippen LogP contribution in [0.5, 0.6) is 5.75 Å². The van der Waals surface area contributed by atoms with Gasteiger partial charge in [-0.05, 0) is 49.2 Å². The first kappa shape index (κ1) is 18.4. The number of ether oxygens (including phenoxy) is 1. The van der Waals surface area contributed by atoms with Crippen LogP contribution in [0.25, 0.3) is 0 Å². The Bertz CT molecular complexity index is 697. The van der Waals surface area contributed by atoms with E-state index in [0.717, 1.165) is 24.2 Å². The van der Waals surface area contributed by atoms with Gasteiger partial charge in [0.2, 0.25) is 5.91 Å². The molecule has 1 heterocycles. The summed E-state index contributed by atoms with van der Waals surface area (Å²) in [6, 6.07) is 10.4. The number of amides is 2. The van der Waals surface area contributed by atoms with Gasteiger partial charge in [0, 0.05) is 11.8 Å². The lowest BCUT2D eigenvalue weighted by atomic mass is 10.2. The fourth-order valence-electron chi connectivity index (χ4n) is 2.03. The molecule has 0 atom stereocenters. The van der Waals surface area contributed by atoms with Crippen LogP contribution in [0.1, 0.15) is 35.7 Å². The lowest BCUT2D eigenvalue weighted by Gasteiger charge is -2.08. The lowest BCUT2D eigenvalue weighted by Crippen LogP contribution is -2.33. The molecular weight excluding hydrogens is 318 g/mol. The van der Waals surface area contributed by atoms with Gasteiger partial charge in [-0.25, -0.2) is 4.98 Å². The van der Waals surface area contributed by atoms with Gasteiger partial charge in [0.25, 0.3) is 5.91 Å². The quantitative estimate of drug-likeness (QED) is 0.724. The molecule has 6 nitrogen and oxygen atoms in total. The summed E-state index contributed by atoms with van der Waals surface area (Å²) in [6.07, 6.45) is 3.73. The van der Waals surface area contributed by atoms with Crippen LogP contribution in [0.3, 0.4) is 0 Å². The summed E-state index contributed by atoms with van der Waals surface area (Å²) >= 11 is 0. The van der Waals surface area contributed by atoms with E-state index in [1.165, 1.54) is 0 Å². The summed E-state index contributed by atoms with van der Waals surface area (Å²) in [6.45, 7) is 4.55. The van der Waals surface area contributed by atoms with Crippen molar-refractivity contribution in [3.63, 3.8) is 0 Å². The third-order valence-corrected chi connectivity index (χ3v) is 3.47. The molecule has 0 radical (unpaired) electrons. The maximum atomic E-state index is 12.1. The molecule has 1 aromatic carbocycles. The first-order valence-electron chi connectivity index (χ1n) is 8.32. The Kier molecular flexibility index (Phi) is 6.95. The van der Waals surface area contributed by atoms with Crippen molar-refractivity contribution in [1.82, 2.24) is 10.3 Å². The minimum absolute atomic E-state index is 0.122. The molecule has 1 aromatic heterocycles. The van der Waals surface area contributed by atoms with Gasteiger partial charge in [-0.3, -0.25) is 9.59 Å². The third-order valence-electron chi connectivity index (χ3n) is 3.47. The first-order chi connectivity index (χ1) is 12.1. The summed E-state index contributed by atoms with van der Waals surface area (Å²) in [4.78, 5) is 28.0. The van der Waals surface area contributed by atoms with Gasteiger partial charge in [-0.15, -0.1) is 0 Å². The van der Waals surface area contributed by atoms with Crippen molar-refractivity contribution in [2.75, 3.05) is 18.5 Å². The Morgan fingerprint density at radius 1 is 1.12 bits per heavy atom. The molecule has 0 fully saturated rings. The number of aryl methyl sites for hydroxylation is 1. The molecule has 132 valence electrons. The number of rotatable bonds is 8. The molecule has 0 aliphatic rings. The molecule has 0 aliphatic heterocycles. The maximum absolute atomic E-state index is 12.1. The van der Waals surface area contributed by atoms with E-state index in [9.17, 15) is 9.59 Å². The normalized spacial score (nSPS) is 10.2. The van der Waals surface area contributed by atoms with E-state index in [1.807, 2.05) is 13.0 Å². The zero-order valence-corrected chi connectivity index (χ0v) is 14.5. The minimum atomic E-state index is -0.329. The van der Waals surface area contributed by atoms with Gasteiger partial charge >= 0.3 is 0 Å². The van der Waals surface area contributed by atoms with E-state index >= 15 is 0 Å². The van der Waals surface area contributed by atoms with Crippen molar-refractivity contribution < 1.29 is 14.3 Å². The predicted molar refractivity (Wildman–Crippen MR) is 96.8 cm³/mol. The molecule has 2 rings (SSSR count). The Morgan fingerprint density at radius 2 is 1.88 bits per heavy atom. The van der Waals surface area contributed by atoms with Crippen LogP contribution in [0, 0.1) is 6.92 Å². The van der Waals surface area contributed by atoms with Gasteiger partial charge in [0.1, 0.15) is 11.6 Å². The topological polar surface area (TPSA) is 80.3 Å². The Balaban J connectivity index is 1.79. The molecule has 0 saturated carbocycles. The summed E-state index contributed by atoms with van der Waals surface area (Å²) in [5.74, 6) is 0.544. The average molecular weight is 341 g/mol. The second-order valence-corrected chi connectivity index (χ2v) is 5.68. The highest BCUT2D eigenvalue weighted by Crippen LogP contribution is 2.12. The molecule has 2 aromatic rings. The highest BCUT2D eigenvalue weighted by molar-refractivity contribution is 5.99. The molecular formula is C19H23N3O3. The number of nitrogens with zero attached hydrogens (tertiary/aromatic N) is 1. The van der Waals surface area contributed by atoms with Crippen molar-refractivity contribution in [3.05, 3.63) is 53.7 Å². The SMILES string of the molecule is CCCCOc1ccc(C(=O)NCC(=O)Nc2ccc(C)cn2)cc1. The number of hydrogen-bond acceptors (Lipinski definition) is 4. The molecule has 0 saturated heterocycles. The predicted octanol–water partition coefficient (Wildman–Crippen LogP) is 2.94. The second-order valence-electron chi connectivity index (χ2n) is 5.68. The smallest absolute Gasteiger partial charge is 0.251 e. The monoisotopic (exact) mass is 341 g/mol. The third kappa shape index (κ3) is 6.25. The van der Waals surface area contributed by atoms with Crippen LogP contribution in [-0.2, 0) is 4.79 Å². The number of benzene rings is 1. The number of hydrogen-bond donors (Lipinski definition) is 2. The maximum Gasteiger partial charge on any atom is 0.251 e. The lowest BCUT2D eigenvalue weighted by molar-refractivity contribution is -0.115. The highest BCUT2D eigenvalue weighted by Gasteiger charge is 2.09.